The maximum Gasteiger partial charge on any atom is 0.134 e. The molecule has 4 heteroatoms. The molecule has 0 bridgehead atoms. The Bertz CT molecular complexity index is 564. The van der Waals surface area contributed by atoms with Gasteiger partial charge in [0.25, 0.3) is 0 Å². The maximum absolute atomic E-state index is 4.72. The van der Waals surface area contributed by atoms with E-state index in [0.29, 0.717) is 5.92 Å². The van der Waals surface area contributed by atoms with E-state index >= 15 is 0 Å². The number of hydrogen-bond donors (Lipinski definition) is 1. The summed E-state index contributed by atoms with van der Waals surface area (Å²) < 4.78 is 0. The van der Waals surface area contributed by atoms with Gasteiger partial charge in [-0.2, -0.15) is 0 Å². The van der Waals surface area contributed by atoms with Crippen LogP contribution in [0.25, 0.3) is 0 Å². The molecule has 0 saturated heterocycles. The van der Waals surface area contributed by atoms with Crippen molar-refractivity contribution in [2.45, 2.75) is 38.5 Å². The summed E-state index contributed by atoms with van der Waals surface area (Å²) in [5, 5.41) is 3.38. The van der Waals surface area contributed by atoms with Gasteiger partial charge in [-0.1, -0.05) is 13.0 Å². The average molecular weight is 268 g/mol. The zero-order chi connectivity index (χ0) is 13.8. The summed E-state index contributed by atoms with van der Waals surface area (Å²) in [6.45, 7) is 3.11. The lowest BCUT2D eigenvalue weighted by Gasteiger charge is -2.09. The van der Waals surface area contributed by atoms with Crippen LogP contribution in [0.5, 0.6) is 0 Å². The van der Waals surface area contributed by atoms with E-state index < -0.39 is 0 Å². The number of anilines is 1. The van der Waals surface area contributed by atoms with E-state index in [0.717, 1.165) is 36.7 Å². The summed E-state index contributed by atoms with van der Waals surface area (Å²) in [4.78, 5) is 13.5. The minimum atomic E-state index is 0.575. The summed E-state index contributed by atoms with van der Waals surface area (Å²) >= 11 is 0. The third-order valence-corrected chi connectivity index (χ3v) is 3.40. The highest BCUT2D eigenvalue weighted by Gasteiger charge is 2.27. The third kappa shape index (κ3) is 3.32. The van der Waals surface area contributed by atoms with Crippen molar-refractivity contribution >= 4 is 5.82 Å². The zero-order valence-corrected chi connectivity index (χ0v) is 11.8. The molecule has 0 radical (unpaired) electrons. The number of aromatic nitrogens is 3. The summed E-state index contributed by atoms with van der Waals surface area (Å²) in [6.07, 6.45) is 8.07. The topological polar surface area (TPSA) is 50.7 Å². The maximum atomic E-state index is 4.72. The molecule has 0 aromatic carbocycles. The number of rotatable bonds is 6. The molecule has 0 unspecified atom stereocenters. The molecule has 0 atom stereocenters. The van der Waals surface area contributed by atoms with Gasteiger partial charge in [0.1, 0.15) is 11.6 Å². The van der Waals surface area contributed by atoms with Crippen LogP contribution < -0.4 is 5.32 Å². The van der Waals surface area contributed by atoms with Crippen molar-refractivity contribution in [1.82, 2.24) is 15.0 Å². The van der Waals surface area contributed by atoms with Crippen LogP contribution in [0.1, 0.15) is 49.2 Å². The Kier molecular flexibility index (Phi) is 3.90. The fraction of sp³-hybridized carbons (Fsp3) is 0.438. The Balaban J connectivity index is 1.83. The fourth-order valence-electron chi connectivity index (χ4n) is 2.19. The van der Waals surface area contributed by atoms with Crippen LogP contribution in [0.15, 0.2) is 30.6 Å². The highest BCUT2D eigenvalue weighted by atomic mass is 15.0. The minimum absolute atomic E-state index is 0.575. The highest BCUT2D eigenvalue weighted by Crippen LogP contribution is 2.38. The molecule has 0 aliphatic heterocycles. The molecular formula is C16H20N4. The SMILES string of the molecule is CCCNc1cc(Cc2cccnc2)nc(C2CC2)n1. The van der Waals surface area contributed by atoms with Crippen molar-refractivity contribution in [3.8, 4) is 0 Å². The molecule has 4 nitrogen and oxygen atoms in total. The smallest absolute Gasteiger partial charge is 0.134 e. The molecule has 1 aliphatic carbocycles. The number of nitrogens with one attached hydrogen (secondary N) is 1. The zero-order valence-electron chi connectivity index (χ0n) is 11.8. The second-order valence-electron chi connectivity index (χ2n) is 5.34. The van der Waals surface area contributed by atoms with Crippen molar-refractivity contribution in [3.63, 3.8) is 0 Å². The average Bonchev–Trinajstić information content (AvgIpc) is 3.31. The first-order valence-corrected chi connectivity index (χ1v) is 7.36. The number of nitrogens with zero attached hydrogens (tertiary/aromatic N) is 3. The van der Waals surface area contributed by atoms with Gasteiger partial charge in [0.15, 0.2) is 0 Å². The molecular weight excluding hydrogens is 248 g/mol. The second kappa shape index (κ2) is 5.99. The monoisotopic (exact) mass is 268 g/mol. The minimum Gasteiger partial charge on any atom is -0.370 e. The Morgan fingerprint density at radius 3 is 2.90 bits per heavy atom. The van der Waals surface area contributed by atoms with Crippen LogP contribution in [0.2, 0.25) is 0 Å². The molecule has 3 rings (SSSR count). The predicted octanol–water partition coefficient (Wildman–Crippen LogP) is 3.16. The number of pyridine rings is 1. The summed E-state index contributed by atoms with van der Waals surface area (Å²) in [6, 6.07) is 6.12. The summed E-state index contributed by atoms with van der Waals surface area (Å²) in [5.74, 6) is 2.54. The van der Waals surface area contributed by atoms with E-state index in [1.54, 1.807) is 6.20 Å². The number of hydrogen-bond acceptors (Lipinski definition) is 4. The largest absolute Gasteiger partial charge is 0.370 e. The summed E-state index contributed by atoms with van der Waals surface area (Å²) in [7, 11) is 0. The first-order valence-electron chi connectivity index (χ1n) is 7.36. The van der Waals surface area contributed by atoms with Gasteiger partial charge < -0.3 is 5.32 Å². The molecule has 2 aromatic heterocycles. The van der Waals surface area contributed by atoms with E-state index in [-0.39, 0.29) is 0 Å². The van der Waals surface area contributed by atoms with Gasteiger partial charge in [0.05, 0.1) is 5.69 Å². The van der Waals surface area contributed by atoms with Crippen LogP contribution in [-0.2, 0) is 6.42 Å². The van der Waals surface area contributed by atoms with Crippen LogP contribution >= 0.6 is 0 Å². The Hall–Kier alpha value is -1.97. The van der Waals surface area contributed by atoms with Crippen LogP contribution in [0.4, 0.5) is 5.82 Å². The molecule has 1 fully saturated rings. The normalized spacial score (nSPS) is 14.2. The first kappa shape index (κ1) is 13.0. The Morgan fingerprint density at radius 2 is 2.20 bits per heavy atom. The van der Waals surface area contributed by atoms with Crippen molar-refractivity contribution in [2.75, 3.05) is 11.9 Å². The molecule has 0 spiro atoms. The van der Waals surface area contributed by atoms with E-state index in [9.17, 15) is 0 Å². The highest BCUT2D eigenvalue weighted by molar-refractivity contribution is 5.38. The molecule has 104 valence electrons. The van der Waals surface area contributed by atoms with Gasteiger partial charge in [0, 0.05) is 37.3 Å². The summed E-state index contributed by atoms with van der Waals surface area (Å²) in [5.41, 5.74) is 2.27. The molecule has 1 saturated carbocycles. The van der Waals surface area contributed by atoms with E-state index in [4.69, 9.17) is 4.98 Å². The molecule has 20 heavy (non-hydrogen) atoms. The van der Waals surface area contributed by atoms with Crippen LogP contribution in [0.3, 0.4) is 0 Å². The second-order valence-corrected chi connectivity index (χ2v) is 5.34. The van der Waals surface area contributed by atoms with Gasteiger partial charge in [0.2, 0.25) is 0 Å². The molecule has 0 amide bonds. The first-order chi connectivity index (χ1) is 9.85. The molecule has 2 heterocycles. The van der Waals surface area contributed by atoms with Crippen molar-refractivity contribution in [2.24, 2.45) is 0 Å². The van der Waals surface area contributed by atoms with Gasteiger partial charge in [-0.3, -0.25) is 4.98 Å². The predicted molar refractivity (Wildman–Crippen MR) is 79.8 cm³/mol. The lowest BCUT2D eigenvalue weighted by Crippen LogP contribution is -2.07. The molecule has 1 N–H and O–H groups in total. The van der Waals surface area contributed by atoms with Gasteiger partial charge in [-0.25, -0.2) is 9.97 Å². The van der Waals surface area contributed by atoms with Crippen LogP contribution in [-0.4, -0.2) is 21.5 Å². The molecule has 1 aliphatic rings. The van der Waals surface area contributed by atoms with E-state index in [1.165, 1.54) is 18.4 Å². The van der Waals surface area contributed by atoms with Gasteiger partial charge in [-0.05, 0) is 30.9 Å². The molecule has 2 aromatic rings. The lowest BCUT2D eigenvalue weighted by atomic mass is 10.1. The van der Waals surface area contributed by atoms with Gasteiger partial charge in [-0.15, -0.1) is 0 Å². The quantitative estimate of drug-likeness (QED) is 0.874. The van der Waals surface area contributed by atoms with E-state index in [2.05, 4.69) is 34.3 Å². The van der Waals surface area contributed by atoms with E-state index in [1.807, 2.05) is 12.3 Å². The Labute approximate surface area is 119 Å². The van der Waals surface area contributed by atoms with Crippen molar-refractivity contribution < 1.29 is 0 Å². The fourth-order valence-corrected chi connectivity index (χ4v) is 2.19. The Morgan fingerprint density at radius 1 is 1.30 bits per heavy atom. The lowest BCUT2D eigenvalue weighted by molar-refractivity contribution is 0.876. The van der Waals surface area contributed by atoms with Gasteiger partial charge >= 0.3 is 0 Å². The van der Waals surface area contributed by atoms with Crippen molar-refractivity contribution in [1.29, 1.82) is 0 Å². The van der Waals surface area contributed by atoms with Crippen molar-refractivity contribution in [3.05, 3.63) is 47.7 Å². The van der Waals surface area contributed by atoms with Crippen LogP contribution in [0, 0.1) is 0 Å². The standard InChI is InChI=1S/C16H20N4/c1-2-7-18-15-10-14(9-12-4-3-8-17-11-12)19-16(20-15)13-5-6-13/h3-4,8,10-11,13H,2,5-7,9H2,1H3,(H,18,19,20). The third-order valence-electron chi connectivity index (χ3n) is 3.40.